The number of rotatable bonds is 3. The normalized spacial score (nSPS) is 34.1. The van der Waals surface area contributed by atoms with Crippen LogP contribution in [0.4, 0.5) is 0 Å². The summed E-state index contributed by atoms with van der Waals surface area (Å²) in [5.74, 6) is -1.35. The zero-order valence-electron chi connectivity index (χ0n) is 12.1. The second kappa shape index (κ2) is 4.73. The Morgan fingerprint density at radius 2 is 2.05 bits per heavy atom. The van der Waals surface area contributed by atoms with E-state index in [-0.39, 0.29) is 24.0 Å². The molecule has 4 atom stereocenters. The highest BCUT2D eigenvalue weighted by molar-refractivity contribution is 5.91. The second-order valence-electron chi connectivity index (χ2n) is 5.70. The number of ether oxygens (including phenoxy) is 3. The molecule has 2 fully saturated rings. The summed E-state index contributed by atoms with van der Waals surface area (Å²) in [6, 6.07) is 0. The van der Waals surface area contributed by atoms with E-state index in [2.05, 4.69) is 10.3 Å². The van der Waals surface area contributed by atoms with Gasteiger partial charge in [-0.3, -0.25) is 4.79 Å². The van der Waals surface area contributed by atoms with Gasteiger partial charge in [0.25, 0.3) is 5.91 Å². The van der Waals surface area contributed by atoms with Crippen LogP contribution in [-0.4, -0.2) is 51.5 Å². The third kappa shape index (κ3) is 2.22. The van der Waals surface area contributed by atoms with Crippen molar-refractivity contribution in [1.29, 1.82) is 0 Å². The average Bonchev–Trinajstić information content (AvgIpc) is 3.00. The number of nitrogens with two attached hydrogens (primary N) is 2. The molecule has 0 radical (unpaired) electrons. The van der Waals surface area contributed by atoms with E-state index in [1.165, 1.54) is 4.68 Å². The monoisotopic (exact) mass is 297 g/mol. The number of hydrogen-bond acceptors (Lipinski definition) is 7. The fourth-order valence-electron chi connectivity index (χ4n) is 2.86. The minimum atomic E-state index is -0.716. The highest BCUT2D eigenvalue weighted by Gasteiger charge is 2.56. The molecular weight excluding hydrogens is 278 g/mol. The maximum atomic E-state index is 11.3. The maximum Gasteiger partial charge on any atom is 0.271 e. The molecule has 21 heavy (non-hydrogen) atoms. The standard InChI is InChI=1S/C12H19N5O4/c1-5-7(10(14)18)15-16-17(5)11-9-8(6(4-13)19-11)20-12(2,3)21-9/h6,8-9,11H,4,13H2,1-3H3,(H2,14,18)/t6-,8-,9-,11-/m1/s1. The Labute approximate surface area is 121 Å². The number of amides is 1. The molecule has 0 saturated carbocycles. The average molecular weight is 297 g/mol. The molecule has 0 aliphatic carbocycles. The smallest absolute Gasteiger partial charge is 0.271 e. The molecule has 0 aromatic carbocycles. The van der Waals surface area contributed by atoms with Gasteiger partial charge in [-0.05, 0) is 20.8 Å². The molecule has 2 aliphatic rings. The van der Waals surface area contributed by atoms with Crippen molar-refractivity contribution in [3.05, 3.63) is 11.4 Å². The first kappa shape index (κ1) is 14.4. The Bertz CT molecular complexity index is 572. The van der Waals surface area contributed by atoms with Crippen molar-refractivity contribution in [3.8, 4) is 0 Å². The highest BCUT2D eigenvalue weighted by Crippen LogP contribution is 2.42. The number of aromatic nitrogens is 3. The van der Waals surface area contributed by atoms with E-state index < -0.39 is 17.9 Å². The first-order chi connectivity index (χ1) is 9.84. The van der Waals surface area contributed by atoms with Gasteiger partial charge < -0.3 is 25.7 Å². The summed E-state index contributed by atoms with van der Waals surface area (Å²) < 4.78 is 19.1. The third-order valence-corrected chi connectivity index (χ3v) is 3.76. The van der Waals surface area contributed by atoms with E-state index in [4.69, 9.17) is 25.7 Å². The maximum absolute atomic E-state index is 11.3. The molecule has 1 aromatic rings. The Morgan fingerprint density at radius 3 is 2.62 bits per heavy atom. The molecule has 0 bridgehead atoms. The molecule has 0 spiro atoms. The summed E-state index contributed by atoms with van der Waals surface area (Å²) in [5.41, 5.74) is 11.6. The van der Waals surface area contributed by atoms with Crippen LogP contribution in [0, 0.1) is 6.92 Å². The number of hydrogen-bond donors (Lipinski definition) is 2. The number of nitrogens with zero attached hydrogens (tertiary/aromatic N) is 3. The van der Waals surface area contributed by atoms with Gasteiger partial charge in [0.2, 0.25) is 0 Å². The summed E-state index contributed by atoms with van der Waals surface area (Å²) in [4.78, 5) is 11.3. The quantitative estimate of drug-likeness (QED) is 0.737. The fraction of sp³-hybridized carbons (Fsp3) is 0.750. The first-order valence-corrected chi connectivity index (χ1v) is 6.77. The van der Waals surface area contributed by atoms with Crippen LogP contribution in [0.3, 0.4) is 0 Å². The van der Waals surface area contributed by atoms with Crippen molar-refractivity contribution >= 4 is 5.91 Å². The van der Waals surface area contributed by atoms with Gasteiger partial charge in [0.1, 0.15) is 18.3 Å². The van der Waals surface area contributed by atoms with E-state index in [1.807, 2.05) is 13.8 Å². The molecule has 3 heterocycles. The number of carbonyl (C=O) groups is 1. The lowest BCUT2D eigenvalue weighted by Crippen LogP contribution is -2.34. The lowest BCUT2D eigenvalue weighted by atomic mass is 10.1. The molecule has 4 N–H and O–H groups in total. The predicted octanol–water partition coefficient (Wildman–Crippen LogP) is -0.938. The fourth-order valence-corrected chi connectivity index (χ4v) is 2.86. The second-order valence-corrected chi connectivity index (χ2v) is 5.70. The van der Waals surface area contributed by atoms with E-state index >= 15 is 0 Å². The van der Waals surface area contributed by atoms with Gasteiger partial charge in [-0.1, -0.05) is 5.21 Å². The van der Waals surface area contributed by atoms with Crippen LogP contribution in [0.2, 0.25) is 0 Å². The Balaban J connectivity index is 1.94. The SMILES string of the molecule is Cc1c(C(N)=O)nnn1[C@@H]1O[C@H](CN)[C@H]2OC(C)(C)O[C@H]21. The molecule has 0 unspecified atom stereocenters. The molecular formula is C12H19N5O4. The van der Waals surface area contributed by atoms with Gasteiger partial charge in [-0.25, -0.2) is 4.68 Å². The van der Waals surface area contributed by atoms with Crippen LogP contribution in [-0.2, 0) is 14.2 Å². The Kier molecular flexibility index (Phi) is 3.24. The van der Waals surface area contributed by atoms with E-state index in [0.717, 1.165) is 0 Å². The lowest BCUT2D eigenvalue weighted by Gasteiger charge is -2.24. The summed E-state index contributed by atoms with van der Waals surface area (Å²) in [7, 11) is 0. The highest BCUT2D eigenvalue weighted by atomic mass is 16.8. The summed E-state index contributed by atoms with van der Waals surface area (Å²) >= 11 is 0. The number of primary amides is 1. The summed E-state index contributed by atoms with van der Waals surface area (Å²) in [5, 5.41) is 7.75. The van der Waals surface area contributed by atoms with Crippen molar-refractivity contribution in [3.63, 3.8) is 0 Å². The van der Waals surface area contributed by atoms with Crippen molar-refractivity contribution in [2.75, 3.05) is 6.54 Å². The van der Waals surface area contributed by atoms with Gasteiger partial charge >= 0.3 is 0 Å². The van der Waals surface area contributed by atoms with E-state index in [1.54, 1.807) is 6.92 Å². The van der Waals surface area contributed by atoms with Gasteiger partial charge in [0, 0.05) is 6.54 Å². The zero-order valence-corrected chi connectivity index (χ0v) is 12.1. The summed E-state index contributed by atoms with van der Waals surface area (Å²) in [6.45, 7) is 5.67. The minimum absolute atomic E-state index is 0.115. The number of carbonyl (C=O) groups excluding carboxylic acids is 1. The topological polar surface area (TPSA) is 128 Å². The van der Waals surface area contributed by atoms with Gasteiger partial charge in [0.05, 0.1) is 5.69 Å². The zero-order chi connectivity index (χ0) is 15.4. The Morgan fingerprint density at radius 1 is 1.38 bits per heavy atom. The molecule has 3 rings (SSSR count). The van der Waals surface area contributed by atoms with Crippen molar-refractivity contribution in [1.82, 2.24) is 15.0 Å². The van der Waals surface area contributed by atoms with Crippen LogP contribution >= 0.6 is 0 Å². The third-order valence-electron chi connectivity index (χ3n) is 3.76. The molecule has 9 heteroatoms. The minimum Gasteiger partial charge on any atom is -0.364 e. The van der Waals surface area contributed by atoms with Crippen LogP contribution in [0.25, 0.3) is 0 Å². The lowest BCUT2D eigenvalue weighted by molar-refractivity contribution is -0.197. The van der Waals surface area contributed by atoms with Crippen LogP contribution < -0.4 is 11.5 Å². The van der Waals surface area contributed by atoms with Crippen LogP contribution in [0.1, 0.15) is 36.3 Å². The van der Waals surface area contributed by atoms with Gasteiger partial charge in [-0.15, -0.1) is 5.10 Å². The molecule has 116 valence electrons. The van der Waals surface area contributed by atoms with Crippen LogP contribution in [0.5, 0.6) is 0 Å². The molecule has 1 amide bonds. The van der Waals surface area contributed by atoms with Crippen LogP contribution in [0.15, 0.2) is 0 Å². The van der Waals surface area contributed by atoms with E-state index in [9.17, 15) is 4.79 Å². The first-order valence-electron chi connectivity index (χ1n) is 6.77. The van der Waals surface area contributed by atoms with Crippen molar-refractivity contribution in [2.24, 2.45) is 11.5 Å². The molecule has 2 saturated heterocycles. The summed E-state index contributed by atoms with van der Waals surface area (Å²) in [6.07, 6.45) is -1.50. The van der Waals surface area contributed by atoms with Crippen molar-refractivity contribution < 1.29 is 19.0 Å². The van der Waals surface area contributed by atoms with E-state index in [0.29, 0.717) is 12.2 Å². The molecule has 9 nitrogen and oxygen atoms in total. The molecule has 2 aliphatic heterocycles. The van der Waals surface area contributed by atoms with Gasteiger partial charge in [-0.2, -0.15) is 0 Å². The largest absolute Gasteiger partial charge is 0.364 e. The number of fused-ring (bicyclic) bond motifs is 1. The predicted molar refractivity (Wildman–Crippen MR) is 70.1 cm³/mol. The van der Waals surface area contributed by atoms with Crippen molar-refractivity contribution in [2.45, 2.75) is 51.1 Å². The van der Waals surface area contributed by atoms with Gasteiger partial charge in [0.15, 0.2) is 17.7 Å². The molecule has 1 aromatic heterocycles. The Hall–Kier alpha value is -1.55.